The minimum atomic E-state index is -0.450. The number of imidazole rings is 1. The Labute approximate surface area is 179 Å². The fourth-order valence-corrected chi connectivity index (χ4v) is 2.88. The first kappa shape index (κ1) is 20.3. The fraction of sp³-hybridized carbons (Fsp3) is 0.227. The van der Waals surface area contributed by atoms with Crippen molar-refractivity contribution in [2.75, 3.05) is 17.7 Å². The lowest BCUT2D eigenvalue weighted by Gasteiger charge is -2.13. The van der Waals surface area contributed by atoms with Gasteiger partial charge in [-0.1, -0.05) is 25.9 Å². The molecule has 0 atom stereocenters. The van der Waals surface area contributed by atoms with Gasteiger partial charge < -0.3 is 23.7 Å². The summed E-state index contributed by atoms with van der Waals surface area (Å²) in [4.78, 5) is 16.6. The molecule has 0 aliphatic carbocycles. The molecule has 0 fully saturated rings. The number of rotatable bonds is 5. The van der Waals surface area contributed by atoms with Crippen molar-refractivity contribution in [3.05, 3.63) is 60.7 Å². The number of carbonyl (C=O) groups excluding carboxylic acids is 1. The van der Waals surface area contributed by atoms with Crippen molar-refractivity contribution in [2.24, 2.45) is 0 Å². The summed E-state index contributed by atoms with van der Waals surface area (Å²) < 4.78 is 18.5. The van der Waals surface area contributed by atoms with Gasteiger partial charge in [0.05, 0.1) is 7.11 Å². The zero-order valence-electron chi connectivity index (χ0n) is 17.7. The molecule has 0 unspecified atom stereocenters. The molecule has 0 spiro atoms. The number of hydrogen-bond acceptors (Lipinski definition) is 6. The molecule has 1 aromatic carbocycles. The van der Waals surface area contributed by atoms with Crippen LogP contribution in [-0.4, -0.2) is 27.7 Å². The van der Waals surface area contributed by atoms with E-state index in [0.717, 1.165) is 5.65 Å². The van der Waals surface area contributed by atoms with E-state index in [9.17, 15) is 4.79 Å². The first-order valence-electron chi connectivity index (χ1n) is 9.65. The number of nitrogens with zero attached hydrogens (tertiary/aromatic N) is 3. The Kier molecular flexibility index (Phi) is 5.24. The number of pyridine rings is 1. The zero-order chi connectivity index (χ0) is 22.0. The summed E-state index contributed by atoms with van der Waals surface area (Å²) in [5, 5.41) is 9.28. The first-order chi connectivity index (χ1) is 14.8. The number of aromatic nitrogens is 3. The molecule has 0 saturated heterocycles. The second-order valence-electron chi connectivity index (χ2n) is 7.93. The van der Waals surface area contributed by atoms with Crippen LogP contribution in [0.3, 0.4) is 0 Å². The molecule has 0 aliphatic heterocycles. The van der Waals surface area contributed by atoms with Gasteiger partial charge in [0.2, 0.25) is 0 Å². The Balaban J connectivity index is 1.44. The van der Waals surface area contributed by atoms with Gasteiger partial charge in [0.25, 0.3) is 0 Å². The summed E-state index contributed by atoms with van der Waals surface area (Å²) in [7, 11) is 1.53. The van der Waals surface area contributed by atoms with Gasteiger partial charge in [-0.25, -0.2) is 9.78 Å². The predicted molar refractivity (Wildman–Crippen MR) is 116 cm³/mol. The lowest BCUT2D eigenvalue weighted by atomic mass is 9.93. The average molecular weight is 421 g/mol. The van der Waals surface area contributed by atoms with Crippen molar-refractivity contribution in [1.82, 2.24) is 14.5 Å². The van der Waals surface area contributed by atoms with Crippen molar-refractivity contribution in [2.45, 2.75) is 26.2 Å². The highest BCUT2D eigenvalue weighted by Gasteiger charge is 2.20. The Hall–Kier alpha value is -4.01. The summed E-state index contributed by atoms with van der Waals surface area (Å²) in [5.74, 6) is 2.62. The highest BCUT2D eigenvalue weighted by Crippen LogP contribution is 2.34. The van der Waals surface area contributed by atoms with Crippen molar-refractivity contribution in [3.8, 4) is 17.2 Å². The predicted octanol–water partition coefficient (Wildman–Crippen LogP) is 5.06. The molecule has 3 aromatic heterocycles. The number of amides is 2. The van der Waals surface area contributed by atoms with Crippen molar-refractivity contribution < 1.29 is 18.8 Å². The van der Waals surface area contributed by atoms with Crippen LogP contribution < -0.4 is 20.1 Å². The fourth-order valence-electron chi connectivity index (χ4n) is 2.88. The molecule has 0 bridgehead atoms. The zero-order valence-corrected chi connectivity index (χ0v) is 17.7. The molecule has 9 heteroatoms. The molecule has 0 saturated carbocycles. The molecule has 31 heavy (non-hydrogen) atoms. The van der Waals surface area contributed by atoms with Crippen LogP contribution in [0.5, 0.6) is 17.2 Å². The number of hydrogen-bond donors (Lipinski definition) is 2. The largest absolute Gasteiger partial charge is 0.493 e. The number of anilines is 2. The quantitative estimate of drug-likeness (QED) is 0.467. The maximum Gasteiger partial charge on any atom is 0.324 e. The van der Waals surface area contributed by atoms with E-state index in [2.05, 4.69) is 20.8 Å². The van der Waals surface area contributed by atoms with Crippen LogP contribution in [0, 0.1) is 0 Å². The number of nitrogens with one attached hydrogen (secondary N) is 2. The lowest BCUT2D eigenvalue weighted by molar-refractivity contribution is 0.262. The Morgan fingerprint density at radius 2 is 1.90 bits per heavy atom. The second kappa shape index (κ2) is 8.02. The molecule has 0 radical (unpaired) electrons. The van der Waals surface area contributed by atoms with Gasteiger partial charge >= 0.3 is 6.03 Å². The van der Waals surface area contributed by atoms with E-state index in [0.29, 0.717) is 34.5 Å². The summed E-state index contributed by atoms with van der Waals surface area (Å²) >= 11 is 0. The molecule has 160 valence electrons. The summed E-state index contributed by atoms with van der Waals surface area (Å²) in [5.41, 5.74) is 1.10. The third-order valence-electron chi connectivity index (χ3n) is 4.51. The van der Waals surface area contributed by atoms with Gasteiger partial charge in [-0.15, -0.1) is 0 Å². The smallest absolute Gasteiger partial charge is 0.324 e. The van der Waals surface area contributed by atoms with E-state index in [1.807, 2.05) is 49.7 Å². The van der Waals surface area contributed by atoms with Crippen LogP contribution in [0.2, 0.25) is 0 Å². The van der Waals surface area contributed by atoms with E-state index < -0.39 is 6.03 Å². The normalized spacial score (nSPS) is 11.4. The highest BCUT2D eigenvalue weighted by atomic mass is 16.5. The van der Waals surface area contributed by atoms with E-state index >= 15 is 0 Å². The Morgan fingerprint density at radius 3 is 2.65 bits per heavy atom. The van der Waals surface area contributed by atoms with Gasteiger partial charge in [0.1, 0.15) is 17.2 Å². The molecular formula is C22H23N5O4. The SMILES string of the molecule is COc1cc(NC(=O)Nc2cc(C(C)(C)C)on2)ccc1Oc1ccn2ccnc2c1. The summed E-state index contributed by atoms with van der Waals surface area (Å²) in [6.45, 7) is 6.00. The second-order valence-corrected chi connectivity index (χ2v) is 7.93. The number of benzene rings is 1. The average Bonchev–Trinajstić information content (AvgIpc) is 3.38. The standard InChI is InChI=1S/C22H23N5O4/c1-22(2,3)18-13-19(26-31-18)25-21(28)24-14-5-6-16(17(11-14)29-4)30-15-7-9-27-10-8-23-20(27)12-15/h5-13H,1-4H3,(H2,24,25,26,28). The number of carbonyl (C=O) groups is 1. The lowest BCUT2D eigenvalue weighted by Crippen LogP contribution is -2.19. The van der Waals surface area contributed by atoms with Gasteiger partial charge in [-0.3, -0.25) is 5.32 Å². The van der Waals surface area contributed by atoms with Crippen molar-refractivity contribution >= 4 is 23.2 Å². The molecule has 4 aromatic rings. The Bertz CT molecular complexity index is 1220. The molecule has 2 N–H and O–H groups in total. The monoisotopic (exact) mass is 421 g/mol. The van der Waals surface area contributed by atoms with Gasteiger partial charge in [-0.2, -0.15) is 0 Å². The van der Waals surface area contributed by atoms with Gasteiger partial charge in [-0.05, 0) is 18.2 Å². The van der Waals surface area contributed by atoms with Crippen LogP contribution in [0.4, 0.5) is 16.3 Å². The minimum Gasteiger partial charge on any atom is -0.493 e. The number of ether oxygens (including phenoxy) is 2. The maximum atomic E-state index is 12.3. The summed E-state index contributed by atoms with van der Waals surface area (Å²) in [6.07, 6.45) is 5.43. The number of methoxy groups -OCH3 is 1. The molecule has 9 nitrogen and oxygen atoms in total. The van der Waals surface area contributed by atoms with Crippen LogP contribution in [0.25, 0.3) is 5.65 Å². The van der Waals surface area contributed by atoms with Crippen molar-refractivity contribution in [1.29, 1.82) is 0 Å². The Morgan fingerprint density at radius 1 is 1.06 bits per heavy atom. The first-order valence-corrected chi connectivity index (χ1v) is 9.65. The minimum absolute atomic E-state index is 0.200. The van der Waals surface area contributed by atoms with Gasteiger partial charge in [0, 0.05) is 47.9 Å². The maximum absolute atomic E-state index is 12.3. The van der Waals surface area contributed by atoms with E-state index in [1.54, 1.807) is 30.5 Å². The summed E-state index contributed by atoms with van der Waals surface area (Å²) in [6, 6.07) is 10.0. The molecule has 3 heterocycles. The number of fused-ring (bicyclic) bond motifs is 1. The third kappa shape index (κ3) is 4.61. The highest BCUT2D eigenvalue weighted by molar-refractivity contribution is 5.99. The van der Waals surface area contributed by atoms with Crippen LogP contribution in [0.15, 0.2) is 59.5 Å². The van der Waals surface area contributed by atoms with E-state index in [4.69, 9.17) is 14.0 Å². The van der Waals surface area contributed by atoms with Gasteiger partial charge in [0.15, 0.2) is 17.3 Å². The topological polar surface area (TPSA) is 103 Å². The van der Waals surface area contributed by atoms with E-state index in [-0.39, 0.29) is 5.41 Å². The molecular weight excluding hydrogens is 398 g/mol. The van der Waals surface area contributed by atoms with Crippen LogP contribution >= 0.6 is 0 Å². The van der Waals surface area contributed by atoms with E-state index in [1.165, 1.54) is 7.11 Å². The van der Waals surface area contributed by atoms with Crippen LogP contribution in [-0.2, 0) is 5.41 Å². The molecule has 2 amide bonds. The third-order valence-corrected chi connectivity index (χ3v) is 4.51. The molecule has 4 rings (SSSR count). The molecule has 0 aliphatic rings. The van der Waals surface area contributed by atoms with Crippen LogP contribution in [0.1, 0.15) is 26.5 Å². The van der Waals surface area contributed by atoms with Crippen molar-refractivity contribution in [3.63, 3.8) is 0 Å². The number of urea groups is 1.